The predicted molar refractivity (Wildman–Crippen MR) is 81.4 cm³/mol. The summed E-state index contributed by atoms with van der Waals surface area (Å²) >= 11 is 11.9. The molecule has 20 heavy (non-hydrogen) atoms. The molecule has 1 aromatic rings. The molecule has 0 unspecified atom stereocenters. The number of nitrogens with two attached hydrogens (primary N) is 1. The van der Waals surface area contributed by atoms with Crippen molar-refractivity contribution >= 4 is 34.8 Å². The van der Waals surface area contributed by atoms with Crippen LogP contribution in [0.5, 0.6) is 0 Å². The number of carbonyl (C=O) groups excluding carboxylic acids is 1. The van der Waals surface area contributed by atoms with Gasteiger partial charge in [-0.2, -0.15) is 0 Å². The van der Waals surface area contributed by atoms with Crippen molar-refractivity contribution in [3.63, 3.8) is 0 Å². The average Bonchev–Trinajstić information content (AvgIpc) is 3.28. The van der Waals surface area contributed by atoms with Gasteiger partial charge in [-0.15, -0.1) is 0 Å². The molecule has 2 aliphatic rings. The summed E-state index contributed by atoms with van der Waals surface area (Å²) in [6.45, 7) is 3.42. The molecular weight excluding hydrogens is 297 g/mol. The van der Waals surface area contributed by atoms with E-state index in [0.29, 0.717) is 21.3 Å². The van der Waals surface area contributed by atoms with Crippen LogP contribution in [0, 0.1) is 0 Å². The molecule has 108 valence electrons. The van der Waals surface area contributed by atoms with Crippen molar-refractivity contribution in [3.05, 3.63) is 27.7 Å². The number of halogens is 2. The molecule has 3 rings (SSSR count). The summed E-state index contributed by atoms with van der Waals surface area (Å²) in [6.07, 6.45) is 2.61. The van der Waals surface area contributed by atoms with E-state index in [1.54, 1.807) is 12.1 Å². The Bertz CT molecular complexity index is 514. The Morgan fingerprint density at radius 2 is 1.80 bits per heavy atom. The Labute approximate surface area is 128 Å². The number of rotatable bonds is 2. The second-order valence-electron chi connectivity index (χ2n) is 5.42. The molecule has 1 amide bonds. The van der Waals surface area contributed by atoms with Gasteiger partial charge in [0.2, 0.25) is 0 Å². The molecule has 1 aliphatic carbocycles. The Morgan fingerprint density at radius 1 is 1.15 bits per heavy atom. The fourth-order valence-corrected chi connectivity index (χ4v) is 2.98. The van der Waals surface area contributed by atoms with Crippen molar-refractivity contribution in [1.82, 2.24) is 9.80 Å². The summed E-state index contributed by atoms with van der Waals surface area (Å²) in [4.78, 5) is 16.8. The fraction of sp³-hybridized carbons (Fsp3) is 0.500. The molecule has 1 saturated heterocycles. The number of benzene rings is 1. The smallest absolute Gasteiger partial charge is 0.254 e. The van der Waals surface area contributed by atoms with Crippen LogP contribution in [0.3, 0.4) is 0 Å². The third-order valence-electron chi connectivity index (χ3n) is 3.97. The van der Waals surface area contributed by atoms with Gasteiger partial charge in [0.15, 0.2) is 0 Å². The number of carbonyl (C=O) groups is 1. The van der Waals surface area contributed by atoms with Gasteiger partial charge < -0.3 is 10.6 Å². The summed E-state index contributed by atoms with van der Waals surface area (Å²) in [5.74, 6) is -0.0225. The van der Waals surface area contributed by atoms with Crippen molar-refractivity contribution in [1.29, 1.82) is 0 Å². The highest BCUT2D eigenvalue weighted by Gasteiger charge is 2.32. The number of nitrogens with zero attached hydrogens (tertiary/aromatic N) is 2. The van der Waals surface area contributed by atoms with Crippen molar-refractivity contribution in [2.45, 2.75) is 18.9 Å². The van der Waals surface area contributed by atoms with E-state index < -0.39 is 0 Å². The van der Waals surface area contributed by atoms with Gasteiger partial charge in [-0.25, -0.2) is 0 Å². The van der Waals surface area contributed by atoms with Crippen molar-refractivity contribution < 1.29 is 4.79 Å². The van der Waals surface area contributed by atoms with Crippen LogP contribution < -0.4 is 5.73 Å². The van der Waals surface area contributed by atoms with Crippen LogP contribution in [-0.4, -0.2) is 47.9 Å². The monoisotopic (exact) mass is 313 g/mol. The molecule has 2 N–H and O–H groups in total. The molecule has 0 spiro atoms. The van der Waals surface area contributed by atoms with Gasteiger partial charge in [-0.1, -0.05) is 23.2 Å². The van der Waals surface area contributed by atoms with E-state index in [0.717, 1.165) is 32.2 Å². The van der Waals surface area contributed by atoms with Gasteiger partial charge in [0.25, 0.3) is 5.91 Å². The van der Waals surface area contributed by atoms with Crippen molar-refractivity contribution in [2.75, 3.05) is 31.9 Å². The zero-order valence-corrected chi connectivity index (χ0v) is 12.6. The van der Waals surface area contributed by atoms with Gasteiger partial charge in [0, 0.05) is 37.8 Å². The van der Waals surface area contributed by atoms with Crippen LogP contribution in [0.15, 0.2) is 12.1 Å². The highest BCUT2D eigenvalue weighted by Crippen LogP contribution is 2.31. The van der Waals surface area contributed by atoms with E-state index in [4.69, 9.17) is 28.9 Å². The minimum Gasteiger partial charge on any atom is -0.397 e. The number of hydrogen-bond donors (Lipinski definition) is 1. The number of piperazine rings is 1. The highest BCUT2D eigenvalue weighted by atomic mass is 35.5. The molecule has 1 aromatic carbocycles. The van der Waals surface area contributed by atoms with Gasteiger partial charge in [0.05, 0.1) is 15.7 Å². The molecular formula is C14H17Cl2N3O. The molecule has 1 saturated carbocycles. The predicted octanol–water partition coefficient (Wildman–Crippen LogP) is 2.50. The normalized spacial score (nSPS) is 20.2. The quantitative estimate of drug-likeness (QED) is 0.853. The standard InChI is InChI=1S/C14H17Cl2N3O/c15-11-7-9(8-12(17)13(11)16)14(20)19-5-3-18(4-6-19)10-1-2-10/h7-8,10H,1-6,17H2. The topological polar surface area (TPSA) is 49.6 Å². The van der Waals surface area contributed by atoms with Gasteiger partial charge in [0.1, 0.15) is 0 Å². The van der Waals surface area contributed by atoms with E-state index >= 15 is 0 Å². The Balaban J connectivity index is 1.70. The third kappa shape index (κ3) is 2.73. The van der Waals surface area contributed by atoms with Crippen LogP contribution in [-0.2, 0) is 0 Å². The lowest BCUT2D eigenvalue weighted by molar-refractivity contribution is 0.0627. The second-order valence-corrected chi connectivity index (χ2v) is 6.21. The number of nitrogen functional groups attached to an aromatic ring is 1. The van der Waals surface area contributed by atoms with Crippen LogP contribution in [0.25, 0.3) is 0 Å². The summed E-state index contributed by atoms with van der Waals surface area (Å²) in [5, 5.41) is 0.633. The lowest BCUT2D eigenvalue weighted by atomic mass is 10.1. The Hall–Kier alpha value is -0.970. The highest BCUT2D eigenvalue weighted by molar-refractivity contribution is 6.43. The van der Waals surface area contributed by atoms with Gasteiger partial charge >= 0.3 is 0 Å². The third-order valence-corrected chi connectivity index (χ3v) is 4.78. The first-order valence-electron chi connectivity index (χ1n) is 6.84. The minimum atomic E-state index is -0.0225. The maximum Gasteiger partial charge on any atom is 0.254 e. The molecule has 1 aliphatic heterocycles. The summed E-state index contributed by atoms with van der Waals surface area (Å²) in [7, 11) is 0. The lowest BCUT2D eigenvalue weighted by Crippen LogP contribution is -2.49. The first-order chi connectivity index (χ1) is 9.56. The summed E-state index contributed by atoms with van der Waals surface area (Å²) < 4.78 is 0. The Morgan fingerprint density at radius 3 is 2.35 bits per heavy atom. The molecule has 0 atom stereocenters. The lowest BCUT2D eigenvalue weighted by Gasteiger charge is -2.35. The molecule has 0 bridgehead atoms. The first kappa shape index (κ1) is 14.0. The SMILES string of the molecule is Nc1cc(C(=O)N2CCN(C3CC3)CC2)cc(Cl)c1Cl. The number of hydrogen-bond acceptors (Lipinski definition) is 3. The van der Waals surface area contributed by atoms with E-state index in [1.165, 1.54) is 12.8 Å². The maximum absolute atomic E-state index is 12.5. The number of anilines is 1. The summed E-state index contributed by atoms with van der Waals surface area (Å²) in [6, 6.07) is 3.95. The van der Waals surface area contributed by atoms with Crippen molar-refractivity contribution in [3.8, 4) is 0 Å². The number of amides is 1. The summed E-state index contributed by atoms with van der Waals surface area (Å²) in [5.41, 5.74) is 6.62. The Kier molecular flexibility index (Phi) is 3.80. The zero-order chi connectivity index (χ0) is 14.3. The van der Waals surface area contributed by atoms with E-state index in [2.05, 4.69) is 4.90 Å². The van der Waals surface area contributed by atoms with E-state index in [1.807, 2.05) is 4.90 Å². The maximum atomic E-state index is 12.5. The molecule has 0 radical (unpaired) electrons. The van der Waals surface area contributed by atoms with E-state index in [9.17, 15) is 4.79 Å². The molecule has 2 fully saturated rings. The fourth-order valence-electron chi connectivity index (χ4n) is 2.65. The molecule has 0 aromatic heterocycles. The minimum absolute atomic E-state index is 0.0225. The second kappa shape index (κ2) is 5.43. The van der Waals surface area contributed by atoms with Crippen LogP contribution in [0.1, 0.15) is 23.2 Å². The van der Waals surface area contributed by atoms with Gasteiger partial charge in [-0.05, 0) is 25.0 Å². The zero-order valence-electron chi connectivity index (χ0n) is 11.1. The van der Waals surface area contributed by atoms with Crippen LogP contribution in [0.2, 0.25) is 10.0 Å². The van der Waals surface area contributed by atoms with Crippen LogP contribution >= 0.6 is 23.2 Å². The molecule has 4 nitrogen and oxygen atoms in total. The van der Waals surface area contributed by atoms with Crippen molar-refractivity contribution in [2.24, 2.45) is 0 Å². The molecule has 6 heteroatoms. The first-order valence-corrected chi connectivity index (χ1v) is 7.59. The van der Waals surface area contributed by atoms with Crippen LogP contribution in [0.4, 0.5) is 5.69 Å². The van der Waals surface area contributed by atoms with E-state index in [-0.39, 0.29) is 5.91 Å². The average molecular weight is 314 g/mol. The van der Waals surface area contributed by atoms with Gasteiger partial charge in [-0.3, -0.25) is 9.69 Å². The molecule has 1 heterocycles. The largest absolute Gasteiger partial charge is 0.397 e.